The molecule has 3 rings (SSSR count). The molecule has 1 aliphatic rings. The normalized spacial score (nSPS) is 14.8. The standard InChI is InChI=1S/C18H19ClF3N5O2/c1-2-23-17(29)26-9-7-25(8-10-26)16(28)14-11-24-27(15(14)18(20,21)22)13-5-3-12(19)4-6-13/h3-6,11H,2,7-10H2,1H3,(H,23,29). The number of benzene rings is 1. The fourth-order valence-electron chi connectivity index (χ4n) is 3.10. The molecular formula is C18H19ClF3N5O2. The van der Waals surface area contributed by atoms with Crippen molar-refractivity contribution in [3.05, 3.63) is 46.7 Å². The van der Waals surface area contributed by atoms with Gasteiger partial charge in [-0.2, -0.15) is 18.3 Å². The lowest BCUT2D eigenvalue weighted by molar-refractivity contribution is -0.143. The smallest absolute Gasteiger partial charge is 0.338 e. The van der Waals surface area contributed by atoms with Crippen LogP contribution in [0.2, 0.25) is 5.02 Å². The quantitative estimate of drug-likeness (QED) is 0.815. The monoisotopic (exact) mass is 429 g/mol. The van der Waals surface area contributed by atoms with Crippen molar-refractivity contribution in [3.8, 4) is 5.69 Å². The Balaban J connectivity index is 1.85. The Hall–Kier alpha value is -2.75. The summed E-state index contributed by atoms with van der Waals surface area (Å²) >= 11 is 5.79. The number of aromatic nitrogens is 2. The predicted molar refractivity (Wildman–Crippen MR) is 100 cm³/mol. The summed E-state index contributed by atoms with van der Waals surface area (Å²) in [5.41, 5.74) is -1.53. The lowest BCUT2D eigenvalue weighted by atomic mass is 10.2. The van der Waals surface area contributed by atoms with E-state index in [1.807, 2.05) is 0 Å². The summed E-state index contributed by atoms with van der Waals surface area (Å²) in [5, 5.41) is 6.83. The number of carbonyl (C=O) groups excluding carboxylic acids is 2. The first kappa shape index (κ1) is 21.0. The van der Waals surface area contributed by atoms with E-state index in [-0.39, 0.29) is 37.9 Å². The third kappa shape index (κ3) is 4.47. The number of nitrogens with zero attached hydrogens (tertiary/aromatic N) is 4. The van der Waals surface area contributed by atoms with Crippen LogP contribution in [0.15, 0.2) is 30.5 Å². The van der Waals surface area contributed by atoms with Gasteiger partial charge in [0.1, 0.15) is 0 Å². The number of carbonyl (C=O) groups is 2. The molecule has 11 heteroatoms. The van der Waals surface area contributed by atoms with Crippen LogP contribution in [0.5, 0.6) is 0 Å². The average molecular weight is 430 g/mol. The number of amides is 3. The Morgan fingerprint density at radius 2 is 1.69 bits per heavy atom. The molecule has 0 unspecified atom stereocenters. The minimum absolute atomic E-state index is 0.138. The molecule has 1 aliphatic heterocycles. The SMILES string of the molecule is CCNC(=O)N1CCN(C(=O)c2cnn(-c3ccc(Cl)cc3)c2C(F)(F)F)CC1. The maximum absolute atomic E-state index is 13.8. The van der Waals surface area contributed by atoms with Crippen molar-refractivity contribution >= 4 is 23.5 Å². The topological polar surface area (TPSA) is 70.5 Å². The summed E-state index contributed by atoms with van der Waals surface area (Å²) in [6, 6.07) is 5.42. The highest BCUT2D eigenvalue weighted by Crippen LogP contribution is 2.34. The maximum Gasteiger partial charge on any atom is 0.434 e. The summed E-state index contributed by atoms with van der Waals surface area (Å²) in [6.07, 6.45) is -3.86. The third-order valence-electron chi connectivity index (χ3n) is 4.52. The summed E-state index contributed by atoms with van der Waals surface area (Å²) in [6.45, 7) is 3.01. The second-order valence-corrected chi connectivity index (χ2v) is 6.84. The van der Waals surface area contributed by atoms with Crippen LogP contribution in [0, 0.1) is 0 Å². The van der Waals surface area contributed by atoms with E-state index in [9.17, 15) is 22.8 Å². The van der Waals surface area contributed by atoms with Gasteiger partial charge in [-0.15, -0.1) is 0 Å². The van der Waals surface area contributed by atoms with Crippen molar-refractivity contribution in [2.75, 3.05) is 32.7 Å². The highest BCUT2D eigenvalue weighted by Gasteiger charge is 2.41. The number of piperazine rings is 1. The minimum Gasteiger partial charge on any atom is -0.338 e. The van der Waals surface area contributed by atoms with Crippen molar-refractivity contribution in [3.63, 3.8) is 0 Å². The van der Waals surface area contributed by atoms with Gasteiger partial charge in [0, 0.05) is 37.7 Å². The van der Waals surface area contributed by atoms with Crippen molar-refractivity contribution in [2.24, 2.45) is 0 Å². The van der Waals surface area contributed by atoms with E-state index in [0.29, 0.717) is 16.2 Å². The molecule has 1 saturated heterocycles. The summed E-state index contributed by atoms with van der Waals surface area (Å²) in [4.78, 5) is 27.5. The number of rotatable bonds is 3. The molecule has 0 spiro atoms. The zero-order chi connectivity index (χ0) is 21.2. The highest BCUT2D eigenvalue weighted by atomic mass is 35.5. The van der Waals surface area contributed by atoms with E-state index in [4.69, 9.17) is 11.6 Å². The molecule has 7 nitrogen and oxygen atoms in total. The van der Waals surface area contributed by atoms with Gasteiger partial charge in [-0.25, -0.2) is 9.48 Å². The van der Waals surface area contributed by atoms with E-state index in [1.165, 1.54) is 34.1 Å². The van der Waals surface area contributed by atoms with Crippen LogP contribution in [0.4, 0.5) is 18.0 Å². The number of hydrogen-bond acceptors (Lipinski definition) is 3. The molecule has 29 heavy (non-hydrogen) atoms. The van der Waals surface area contributed by atoms with E-state index in [0.717, 1.165) is 6.20 Å². The van der Waals surface area contributed by atoms with E-state index < -0.39 is 23.3 Å². The van der Waals surface area contributed by atoms with Crippen LogP contribution >= 0.6 is 11.6 Å². The molecule has 0 bridgehead atoms. The molecule has 0 radical (unpaired) electrons. The molecule has 0 aliphatic carbocycles. The van der Waals surface area contributed by atoms with Crippen molar-refractivity contribution in [1.82, 2.24) is 24.9 Å². The molecule has 156 valence electrons. The van der Waals surface area contributed by atoms with Gasteiger partial charge in [0.15, 0.2) is 5.69 Å². The summed E-state index contributed by atoms with van der Waals surface area (Å²) < 4.78 is 42.0. The fourth-order valence-corrected chi connectivity index (χ4v) is 3.23. The van der Waals surface area contributed by atoms with Gasteiger partial charge < -0.3 is 15.1 Å². The Morgan fingerprint density at radius 3 is 2.24 bits per heavy atom. The zero-order valence-corrected chi connectivity index (χ0v) is 16.3. The van der Waals surface area contributed by atoms with Gasteiger partial charge >= 0.3 is 12.2 Å². The number of alkyl halides is 3. The summed E-state index contributed by atoms with van der Waals surface area (Å²) in [7, 11) is 0. The number of nitrogens with one attached hydrogen (secondary N) is 1. The van der Waals surface area contributed by atoms with Crippen LogP contribution in [-0.2, 0) is 6.18 Å². The summed E-state index contributed by atoms with van der Waals surface area (Å²) in [5.74, 6) is -0.770. The van der Waals surface area contributed by atoms with Crippen molar-refractivity contribution < 1.29 is 22.8 Å². The van der Waals surface area contributed by atoms with Gasteiger partial charge in [-0.05, 0) is 31.2 Å². The van der Waals surface area contributed by atoms with E-state index >= 15 is 0 Å². The Bertz CT molecular complexity index is 890. The van der Waals surface area contributed by atoms with Gasteiger partial charge in [0.05, 0.1) is 17.4 Å². The van der Waals surface area contributed by atoms with Crippen molar-refractivity contribution in [1.29, 1.82) is 0 Å². The number of hydrogen-bond donors (Lipinski definition) is 1. The van der Waals surface area contributed by atoms with E-state index in [2.05, 4.69) is 10.4 Å². The lowest BCUT2D eigenvalue weighted by Gasteiger charge is -2.34. The molecule has 2 aromatic rings. The molecular weight excluding hydrogens is 411 g/mol. The second kappa shape index (κ2) is 8.32. The molecule has 1 aromatic heterocycles. The molecule has 0 atom stereocenters. The van der Waals surface area contributed by atoms with Gasteiger partial charge in [-0.1, -0.05) is 11.6 Å². The van der Waals surface area contributed by atoms with E-state index in [1.54, 1.807) is 6.92 Å². The third-order valence-corrected chi connectivity index (χ3v) is 4.77. The fraction of sp³-hybridized carbons (Fsp3) is 0.389. The molecule has 3 amide bonds. The highest BCUT2D eigenvalue weighted by molar-refractivity contribution is 6.30. The second-order valence-electron chi connectivity index (χ2n) is 6.41. The molecule has 0 saturated carbocycles. The van der Waals surface area contributed by atoms with Crippen LogP contribution in [-0.4, -0.2) is 64.2 Å². The lowest BCUT2D eigenvalue weighted by Crippen LogP contribution is -2.53. The average Bonchev–Trinajstić information content (AvgIpc) is 3.14. The first-order valence-corrected chi connectivity index (χ1v) is 9.33. The first-order valence-electron chi connectivity index (χ1n) is 8.95. The first-order chi connectivity index (χ1) is 13.7. The Morgan fingerprint density at radius 1 is 1.10 bits per heavy atom. The molecule has 1 aromatic carbocycles. The number of urea groups is 1. The molecule has 1 N–H and O–H groups in total. The maximum atomic E-state index is 13.8. The van der Waals surface area contributed by atoms with Gasteiger partial charge in [-0.3, -0.25) is 4.79 Å². The predicted octanol–water partition coefficient (Wildman–Crippen LogP) is 3.03. The van der Waals surface area contributed by atoms with Crippen LogP contribution in [0.25, 0.3) is 5.69 Å². The number of halogens is 4. The molecule has 1 fully saturated rings. The molecule has 2 heterocycles. The van der Waals surface area contributed by atoms with Crippen LogP contribution in [0.3, 0.4) is 0 Å². The Kier molecular flexibility index (Phi) is 6.02. The van der Waals surface area contributed by atoms with Crippen molar-refractivity contribution in [2.45, 2.75) is 13.1 Å². The van der Waals surface area contributed by atoms with Gasteiger partial charge in [0.25, 0.3) is 5.91 Å². The Labute approximate surface area is 170 Å². The minimum atomic E-state index is -4.79. The van der Waals surface area contributed by atoms with Gasteiger partial charge in [0.2, 0.25) is 0 Å². The van der Waals surface area contributed by atoms with Crippen LogP contribution < -0.4 is 5.32 Å². The van der Waals surface area contributed by atoms with Crippen LogP contribution in [0.1, 0.15) is 23.0 Å². The zero-order valence-electron chi connectivity index (χ0n) is 15.5. The largest absolute Gasteiger partial charge is 0.434 e.